The van der Waals surface area contributed by atoms with Crippen LogP contribution in [0, 0.1) is 17.2 Å². The van der Waals surface area contributed by atoms with Crippen LogP contribution in [0.4, 0.5) is 0 Å². The number of nitriles is 1. The fraction of sp³-hybridized carbons (Fsp3) is 0.800. The van der Waals surface area contributed by atoms with Crippen LogP contribution in [0.25, 0.3) is 0 Å². The van der Waals surface area contributed by atoms with Gasteiger partial charge in [0.2, 0.25) is 0 Å². The van der Waals surface area contributed by atoms with Gasteiger partial charge >= 0.3 is 56.4 Å². The SMILES string of the molecule is CC(C)CC#N.[Cl][Ta]([Cl])([Cl])([Cl])[Cl]. The van der Waals surface area contributed by atoms with Crippen molar-refractivity contribution in [1.29, 1.82) is 5.26 Å². The Kier molecular flexibility index (Phi) is 8.35. The summed E-state index contributed by atoms with van der Waals surface area (Å²) in [6.07, 6.45) is 0.681. The van der Waals surface area contributed by atoms with Crippen molar-refractivity contribution in [3.8, 4) is 6.07 Å². The van der Waals surface area contributed by atoms with Crippen LogP contribution in [0.5, 0.6) is 0 Å². The summed E-state index contributed by atoms with van der Waals surface area (Å²) in [4.78, 5) is 0. The van der Waals surface area contributed by atoms with E-state index in [1.807, 2.05) is 13.8 Å². The van der Waals surface area contributed by atoms with Gasteiger partial charge in [-0.2, -0.15) is 5.26 Å². The summed E-state index contributed by atoms with van der Waals surface area (Å²) in [5.41, 5.74) is 0. The van der Waals surface area contributed by atoms with E-state index in [1.165, 1.54) is 0 Å². The van der Waals surface area contributed by atoms with E-state index in [1.54, 1.807) is 0 Å². The Labute approximate surface area is 92.9 Å². The van der Waals surface area contributed by atoms with Gasteiger partial charge in [-0.3, -0.25) is 0 Å². The first-order valence-corrected chi connectivity index (χ1v) is 22.9. The standard InChI is InChI=1S/C5H9N.5ClH.Ta/c1-5(2)3-4-6;;;;;;/h5H,3H2,1-2H3;5*1H;/q;;;;;;+5/p-5. The van der Waals surface area contributed by atoms with Crippen LogP contribution in [0.15, 0.2) is 0 Å². The number of hydrogen-bond acceptors (Lipinski definition) is 1. The predicted molar refractivity (Wildman–Crippen MR) is 54.3 cm³/mol. The van der Waals surface area contributed by atoms with Crippen LogP contribution in [0.1, 0.15) is 20.3 Å². The Balaban J connectivity index is 0. The molecule has 0 rings (SSSR count). The Morgan fingerprint density at radius 3 is 1.42 bits per heavy atom. The molecule has 0 aliphatic heterocycles. The van der Waals surface area contributed by atoms with Gasteiger partial charge in [0, 0.05) is 6.42 Å². The molecule has 1 nitrogen and oxygen atoms in total. The maximum atomic E-state index is 7.99. The third-order valence-corrected chi connectivity index (χ3v) is 0.500. The van der Waals surface area contributed by atoms with Gasteiger partial charge in [0.1, 0.15) is 0 Å². The fourth-order valence-corrected chi connectivity index (χ4v) is 0.183. The molecule has 0 aliphatic rings. The van der Waals surface area contributed by atoms with Gasteiger partial charge in [-0.25, -0.2) is 0 Å². The molecule has 0 amide bonds. The topological polar surface area (TPSA) is 23.8 Å². The van der Waals surface area contributed by atoms with E-state index in [0.717, 1.165) is 0 Å². The molecule has 0 heterocycles. The second-order valence-electron chi connectivity index (χ2n) is 2.39. The molecule has 7 heteroatoms. The summed E-state index contributed by atoms with van der Waals surface area (Å²) < 4.78 is 0. The molecule has 0 radical (unpaired) electrons. The quantitative estimate of drug-likeness (QED) is 0.562. The van der Waals surface area contributed by atoms with Crippen LogP contribution in [0.2, 0.25) is 0 Å². The van der Waals surface area contributed by atoms with Crippen molar-refractivity contribution in [1.82, 2.24) is 0 Å². The average molecular weight is 441 g/mol. The molecule has 0 fully saturated rings. The normalized spacial score (nSPS) is 13.8. The molecule has 74 valence electrons. The molecule has 0 aromatic rings. The van der Waals surface area contributed by atoms with E-state index in [4.69, 9.17) is 51.2 Å². The van der Waals surface area contributed by atoms with E-state index in [-0.39, 0.29) is 0 Å². The molecule has 0 N–H and O–H groups in total. The van der Waals surface area contributed by atoms with E-state index in [0.29, 0.717) is 12.3 Å². The van der Waals surface area contributed by atoms with Crippen LogP contribution in [-0.2, 0) is 10.4 Å². The Bertz CT molecular complexity index is 148. The monoisotopic (exact) mass is 439 g/mol. The zero-order valence-electron chi connectivity index (χ0n) is 6.57. The summed E-state index contributed by atoms with van der Waals surface area (Å²) in [6, 6.07) is 2.07. The van der Waals surface area contributed by atoms with Crippen molar-refractivity contribution in [2.24, 2.45) is 5.92 Å². The second kappa shape index (κ2) is 6.22. The van der Waals surface area contributed by atoms with E-state index < -0.39 is 10.4 Å². The first-order valence-electron chi connectivity index (χ1n) is 2.99. The first kappa shape index (κ1) is 16.1. The first-order chi connectivity index (χ1) is 5.01. The number of halogens is 5. The Morgan fingerprint density at radius 1 is 1.17 bits per heavy atom. The molecule has 0 aromatic heterocycles. The Hall–Kier alpha value is 1.68. The minimum atomic E-state index is -4.44. The number of nitrogens with zero attached hydrogens (tertiary/aromatic N) is 1. The minimum absolute atomic E-state index is 0.537. The van der Waals surface area contributed by atoms with Crippen LogP contribution < -0.4 is 0 Å². The summed E-state index contributed by atoms with van der Waals surface area (Å²) in [5.74, 6) is 0.537. The average Bonchev–Trinajstić information content (AvgIpc) is 1.55. The van der Waals surface area contributed by atoms with Crippen molar-refractivity contribution in [3.05, 3.63) is 0 Å². The third-order valence-electron chi connectivity index (χ3n) is 0.500. The van der Waals surface area contributed by atoms with Crippen LogP contribution in [0.3, 0.4) is 0 Å². The molecular formula is C5H9Cl5NTa. The summed E-state index contributed by atoms with van der Waals surface area (Å²) in [7, 11) is 20.9. The predicted octanol–water partition coefficient (Wildman–Crippen LogP) is 5.00. The van der Waals surface area contributed by atoms with Crippen molar-refractivity contribution < 1.29 is 10.4 Å². The molecule has 0 aliphatic carbocycles. The van der Waals surface area contributed by atoms with Gasteiger partial charge in [-0.1, -0.05) is 13.8 Å². The van der Waals surface area contributed by atoms with Gasteiger partial charge in [0.15, 0.2) is 0 Å². The second-order valence-corrected chi connectivity index (χ2v) is 48.8. The van der Waals surface area contributed by atoms with Crippen LogP contribution >= 0.6 is 45.9 Å². The molecule has 0 bridgehead atoms. The molecule has 0 unspecified atom stereocenters. The summed E-state index contributed by atoms with van der Waals surface area (Å²) >= 11 is 0. The molecule has 0 atom stereocenters. The van der Waals surface area contributed by atoms with Crippen molar-refractivity contribution in [2.75, 3.05) is 0 Å². The third kappa shape index (κ3) is 60.8. The number of rotatable bonds is 1. The number of hydrogen-bond donors (Lipinski definition) is 0. The van der Waals surface area contributed by atoms with Crippen molar-refractivity contribution >= 4 is 45.9 Å². The fourth-order valence-electron chi connectivity index (χ4n) is 0.183. The molecule has 0 saturated carbocycles. The molecule has 12 heavy (non-hydrogen) atoms. The molecule has 0 saturated heterocycles. The van der Waals surface area contributed by atoms with Gasteiger partial charge in [0.25, 0.3) is 0 Å². The van der Waals surface area contributed by atoms with Gasteiger partial charge in [-0.05, 0) is 5.92 Å². The van der Waals surface area contributed by atoms with E-state index >= 15 is 0 Å². The van der Waals surface area contributed by atoms with Gasteiger partial charge in [-0.15, -0.1) is 0 Å². The van der Waals surface area contributed by atoms with Gasteiger partial charge < -0.3 is 0 Å². The van der Waals surface area contributed by atoms with Crippen molar-refractivity contribution in [2.45, 2.75) is 20.3 Å². The molecule has 0 spiro atoms. The maximum absolute atomic E-state index is 7.99. The van der Waals surface area contributed by atoms with E-state index in [2.05, 4.69) is 6.07 Å². The summed E-state index contributed by atoms with van der Waals surface area (Å²) in [5, 5.41) is 7.99. The zero-order valence-corrected chi connectivity index (χ0v) is 13.6. The molecular weight excluding hydrogens is 432 g/mol. The summed E-state index contributed by atoms with van der Waals surface area (Å²) in [6.45, 7) is 4.06. The van der Waals surface area contributed by atoms with Gasteiger partial charge in [0.05, 0.1) is 6.07 Å². The molecule has 0 aromatic carbocycles. The van der Waals surface area contributed by atoms with Crippen molar-refractivity contribution in [3.63, 3.8) is 0 Å². The Morgan fingerprint density at radius 2 is 1.42 bits per heavy atom. The van der Waals surface area contributed by atoms with E-state index in [9.17, 15) is 0 Å². The van der Waals surface area contributed by atoms with Crippen LogP contribution in [-0.4, -0.2) is 0 Å². The zero-order chi connectivity index (χ0) is 10.4.